The van der Waals surface area contributed by atoms with E-state index in [9.17, 15) is 4.79 Å². The normalized spacial score (nSPS) is 15.7. The first kappa shape index (κ1) is 19.0. The summed E-state index contributed by atoms with van der Waals surface area (Å²) in [4.78, 5) is 14.8. The number of hydrogen-bond donors (Lipinski definition) is 0. The molecule has 0 N–H and O–H groups in total. The fourth-order valence-electron chi connectivity index (χ4n) is 2.40. The molecule has 2 aromatic carbocycles. The number of carbonyl (C=O) groups excluding carboxylic acids is 1. The average molecular weight is 426 g/mol. The summed E-state index contributed by atoms with van der Waals surface area (Å²) in [6, 6.07) is 10.3. The summed E-state index contributed by atoms with van der Waals surface area (Å²) in [5, 5.41) is 0.993. The largest absolute Gasteiger partial charge is 0.497 e. The first-order chi connectivity index (χ1) is 12.4. The minimum Gasteiger partial charge on any atom is -0.497 e. The minimum absolute atomic E-state index is 0.241. The van der Waals surface area contributed by atoms with E-state index in [0.29, 0.717) is 42.0 Å². The van der Waals surface area contributed by atoms with E-state index in [1.165, 1.54) is 23.8 Å². The Bertz CT molecular complexity index is 931. The maximum absolute atomic E-state index is 12.9. The van der Waals surface area contributed by atoms with Gasteiger partial charge in [-0.2, -0.15) is 0 Å². The molecule has 2 aromatic rings. The maximum Gasteiger partial charge on any atom is 0.270 e. The molecular formula is C18H13Cl2NO3S2. The molecule has 1 saturated heterocycles. The van der Waals surface area contributed by atoms with Crippen molar-refractivity contribution in [2.45, 2.75) is 0 Å². The van der Waals surface area contributed by atoms with E-state index in [1.807, 2.05) is 0 Å². The summed E-state index contributed by atoms with van der Waals surface area (Å²) in [5.41, 5.74) is 1.25. The molecule has 0 spiro atoms. The Morgan fingerprint density at radius 3 is 2.54 bits per heavy atom. The molecule has 134 valence electrons. The monoisotopic (exact) mass is 425 g/mol. The molecule has 0 bridgehead atoms. The van der Waals surface area contributed by atoms with Gasteiger partial charge in [-0.1, -0.05) is 53.2 Å². The third-order valence-electron chi connectivity index (χ3n) is 3.67. The van der Waals surface area contributed by atoms with Crippen LogP contribution in [0.3, 0.4) is 0 Å². The van der Waals surface area contributed by atoms with Crippen LogP contribution in [-0.2, 0) is 4.79 Å². The number of rotatable bonds is 4. The highest BCUT2D eigenvalue weighted by Crippen LogP contribution is 2.41. The number of halogens is 2. The van der Waals surface area contributed by atoms with E-state index in [1.54, 1.807) is 49.6 Å². The van der Waals surface area contributed by atoms with Crippen molar-refractivity contribution >= 4 is 69.2 Å². The Kier molecular flexibility index (Phi) is 5.77. The topological polar surface area (TPSA) is 38.8 Å². The van der Waals surface area contributed by atoms with E-state index < -0.39 is 0 Å². The first-order valence-corrected chi connectivity index (χ1v) is 9.37. The van der Waals surface area contributed by atoms with Crippen LogP contribution >= 0.6 is 47.2 Å². The number of thiocarbonyl (C=S) groups is 1. The number of benzene rings is 2. The van der Waals surface area contributed by atoms with Gasteiger partial charge in [0.15, 0.2) is 4.32 Å². The summed E-state index contributed by atoms with van der Waals surface area (Å²) >= 11 is 18.7. The van der Waals surface area contributed by atoms with Crippen molar-refractivity contribution in [2.75, 3.05) is 19.1 Å². The number of thioether (sulfide) groups is 1. The molecule has 0 aliphatic carbocycles. The number of anilines is 1. The molecule has 1 amide bonds. The van der Waals surface area contributed by atoms with E-state index >= 15 is 0 Å². The lowest BCUT2D eigenvalue weighted by Crippen LogP contribution is -2.27. The Labute approximate surface area is 170 Å². The van der Waals surface area contributed by atoms with Gasteiger partial charge in [0.25, 0.3) is 5.91 Å². The molecule has 8 heteroatoms. The van der Waals surface area contributed by atoms with Crippen LogP contribution in [-0.4, -0.2) is 24.4 Å². The molecule has 0 radical (unpaired) electrons. The predicted molar refractivity (Wildman–Crippen MR) is 112 cm³/mol. The van der Waals surface area contributed by atoms with Crippen LogP contribution < -0.4 is 14.4 Å². The summed E-state index contributed by atoms with van der Waals surface area (Å²) in [6.07, 6.45) is 1.70. The molecule has 1 heterocycles. The van der Waals surface area contributed by atoms with E-state index in [2.05, 4.69) is 0 Å². The molecule has 1 aliphatic rings. The third-order valence-corrected chi connectivity index (χ3v) is 5.54. The van der Waals surface area contributed by atoms with Gasteiger partial charge in [0.1, 0.15) is 11.5 Å². The lowest BCUT2D eigenvalue weighted by molar-refractivity contribution is -0.113. The Balaban J connectivity index is 1.98. The fourth-order valence-corrected chi connectivity index (χ4v) is 4.14. The number of amides is 1. The highest BCUT2D eigenvalue weighted by atomic mass is 35.5. The second kappa shape index (κ2) is 7.88. The summed E-state index contributed by atoms with van der Waals surface area (Å²) in [6.45, 7) is 0. The molecule has 0 unspecified atom stereocenters. The summed E-state index contributed by atoms with van der Waals surface area (Å²) in [7, 11) is 3.09. The van der Waals surface area contributed by atoms with Crippen LogP contribution in [0.15, 0.2) is 41.3 Å². The van der Waals surface area contributed by atoms with E-state index in [0.717, 1.165) is 0 Å². The van der Waals surface area contributed by atoms with Crippen LogP contribution in [0, 0.1) is 0 Å². The number of hydrogen-bond acceptors (Lipinski definition) is 5. The minimum atomic E-state index is -0.241. The van der Waals surface area contributed by atoms with Gasteiger partial charge < -0.3 is 9.47 Å². The van der Waals surface area contributed by atoms with Gasteiger partial charge in [-0.15, -0.1) is 0 Å². The molecule has 0 saturated carbocycles. The van der Waals surface area contributed by atoms with Gasteiger partial charge in [0.2, 0.25) is 0 Å². The standard InChI is InChI=1S/C18H13Cl2NO3S2/c1-23-12-5-6-14(15(9-12)24-2)21-17(22)16(26-18(21)25)7-10-3-4-11(19)8-13(10)20/h3-9H,1-2H3/b16-7-. The van der Waals surface area contributed by atoms with Crippen molar-refractivity contribution in [2.24, 2.45) is 0 Å². The maximum atomic E-state index is 12.9. The van der Waals surface area contributed by atoms with Crippen molar-refractivity contribution in [3.8, 4) is 11.5 Å². The second-order valence-corrected chi connectivity index (χ2v) is 7.74. The zero-order valence-electron chi connectivity index (χ0n) is 13.8. The van der Waals surface area contributed by atoms with Crippen molar-refractivity contribution in [1.29, 1.82) is 0 Å². The van der Waals surface area contributed by atoms with Gasteiger partial charge in [-0.25, -0.2) is 0 Å². The molecule has 26 heavy (non-hydrogen) atoms. The lowest BCUT2D eigenvalue weighted by Gasteiger charge is -2.18. The number of nitrogens with zero attached hydrogens (tertiary/aromatic N) is 1. The SMILES string of the molecule is COc1ccc(N2C(=O)/C(=C/c3ccc(Cl)cc3Cl)SC2=S)c(OC)c1. The molecule has 0 aromatic heterocycles. The van der Waals surface area contributed by atoms with Gasteiger partial charge in [-0.05, 0) is 35.9 Å². The fraction of sp³-hybridized carbons (Fsp3) is 0.111. The number of methoxy groups -OCH3 is 2. The molecule has 0 atom stereocenters. The Hall–Kier alpha value is -1.73. The van der Waals surface area contributed by atoms with E-state index in [-0.39, 0.29) is 5.91 Å². The van der Waals surface area contributed by atoms with Crippen LogP contribution in [0.25, 0.3) is 6.08 Å². The third kappa shape index (κ3) is 3.69. The average Bonchev–Trinajstić information content (AvgIpc) is 2.90. The van der Waals surface area contributed by atoms with Gasteiger partial charge in [-0.3, -0.25) is 9.69 Å². The summed E-state index contributed by atoms with van der Waals surface area (Å²) in [5.74, 6) is 0.875. The first-order valence-electron chi connectivity index (χ1n) is 7.39. The van der Waals surface area contributed by atoms with Crippen molar-refractivity contribution in [3.05, 3.63) is 56.9 Å². The zero-order chi connectivity index (χ0) is 18.8. The van der Waals surface area contributed by atoms with Crippen molar-refractivity contribution < 1.29 is 14.3 Å². The predicted octanol–water partition coefficient (Wildman–Crippen LogP) is 5.42. The zero-order valence-corrected chi connectivity index (χ0v) is 16.9. The molecule has 1 fully saturated rings. The highest BCUT2D eigenvalue weighted by molar-refractivity contribution is 8.27. The van der Waals surface area contributed by atoms with Crippen LogP contribution in [0.5, 0.6) is 11.5 Å². The smallest absolute Gasteiger partial charge is 0.270 e. The van der Waals surface area contributed by atoms with Crippen LogP contribution in [0.2, 0.25) is 10.0 Å². The molecule has 1 aliphatic heterocycles. The Morgan fingerprint density at radius 1 is 1.12 bits per heavy atom. The molecule has 4 nitrogen and oxygen atoms in total. The van der Waals surface area contributed by atoms with Crippen molar-refractivity contribution in [3.63, 3.8) is 0 Å². The van der Waals surface area contributed by atoms with Crippen molar-refractivity contribution in [1.82, 2.24) is 0 Å². The molecular weight excluding hydrogens is 413 g/mol. The Morgan fingerprint density at radius 2 is 1.88 bits per heavy atom. The quantitative estimate of drug-likeness (QED) is 0.483. The number of carbonyl (C=O) groups is 1. The lowest BCUT2D eigenvalue weighted by atomic mass is 10.2. The summed E-state index contributed by atoms with van der Waals surface area (Å²) < 4.78 is 11.0. The number of ether oxygens (including phenoxy) is 2. The van der Waals surface area contributed by atoms with Crippen LogP contribution in [0.1, 0.15) is 5.56 Å². The van der Waals surface area contributed by atoms with E-state index in [4.69, 9.17) is 44.9 Å². The second-order valence-electron chi connectivity index (χ2n) is 5.22. The highest BCUT2D eigenvalue weighted by Gasteiger charge is 2.35. The van der Waals surface area contributed by atoms with Gasteiger partial charge >= 0.3 is 0 Å². The molecule has 3 rings (SSSR count). The van der Waals surface area contributed by atoms with Gasteiger partial charge in [0, 0.05) is 16.1 Å². The van der Waals surface area contributed by atoms with Crippen LogP contribution in [0.4, 0.5) is 5.69 Å². The van der Waals surface area contributed by atoms with Gasteiger partial charge in [0.05, 0.1) is 24.8 Å².